The molecule has 1 unspecified atom stereocenters. The van der Waals surface area contributed by atoms with E-state index in [1.54, 1.807) is 6.20 Å². The van der Waals surface area contributed by atoms with E-state index in [9.17, 15) is 0 Å². The minimum Gasteiger partial charge on any atom is -0.397 e. The second kappa shape index (κ2) is 3.36. The minimum atomic E-state index is -0.0907. The van der Waals surface area contributed by atoms with E-state index in [4.69, 9.17) is 11.5 Å². The topological polar surface area (TPSA) is 64.9 Å². The molecular weight excluding hydrogens is 253 g/mol. The normalized spacial score (nSPS) is 13.0. The molecule has 1 rings (SSSR count). The summed E-state index contributed by atoms with van der Waals surface area (Å²) in [6.07, 6.45) is 1.76. The zero-order valence-corrected chi connectivity index (χ0v) is 8.37. The molecule has 11 heavy (non-hydrogen) atoms. The molecule has 1 atom stereocenters. The van der Waals surface area contributed by atoms with Crippen LogP contribution in [-0.2, 0) is 0 Å². The smallest absolute Gasteiger partial charge is 0.0797 e. The molecule has 1 heterocycles. The summed E-state index contributed by atoms with van der Waals surface area (Å²) in [4.78, 5) is 4.12. The van der Waals surface area contributed by atoms with Crippen molar-refractivity contribution in [3.8, 4) is 0 Å². The molecule has 0 aliphatic heterocycles. The van der Waals surface area contributed by atoms with Gasteiger partial charge in [0.1, 0.15) is 0 Å². The number of hydrogen-bond donors (Lipinski definition) is 2. The summed E-state index contributed by atoms with van der Waals surface area (Å²) < 4.78 is 1.03. The van der Waals surface area contributed by atoms with Crippen LogP contribution in [0, 0.1) is 3.57 Å². The molecule has 0 spiro atoms. The lowest BCUT2D eigenvalue weighted by Crippen LogP contribution is -2.10. The van der Waals surface area contributed by atoms with Crippen LogP contribution in [-0.4, -0.2) is 4.98 Å². The lowest BCUT2D eigenvalue weighted by atomic mass is 10.2. The number of nitrogen functional groups attached to an aromatic ring is 1. The van der Waals surface area contributed by atoms with Crippen molar-refractivity contribution >= 4 is 28.3 Å². The fourth-order valence-electron chi connectivity index (χ4n) is 0.846. The Balaban J connectivity index is 3.09. The number of rotatable bonds is 1. The van der Waals surface area contributed by atoms with E-state index in [-0.39, 0.29) is 6.04 Å². The molecule has 60 valence electrons. The summed E-state index contributed by atoms with van der Waals surface area (Å²) in [5.74, 6) is 0. The van der Waals surface area contributed by atoms with Crippen LogP contribution in [0.4, 0.5) is 5.69 Å². The van der Waals surface area contributed by atoms with Gasteiger partial charge in [0.25, 0.3) is 0 Å². The Labute approximate surface area is 79.3 Å². The van der Waals surface area contributed by atoms with E-state index in [2.05, 4.69) is 27.6 Å². The first-order valence-corrected chi connectivity index (χ1v) is 4.35. The maximum absolute atomic E-state index is 5.68. The molecule has 0 bridgehead atoms. The summed E-state index contributed by atoms with van der Waals surface area (Å²) in [6.45, 7) is 1.87. The third-order valence-corrected chi connectivity index (χ3v) is 1.94. The molecule has 0 aliphatic carbocycles. The molecule has 0 radical (unpaired) electrons. The molecule has 0 aliphatic rings. The Morgan fingerprint density at radius 1 is 1.64 bits per heavy atom. The Morgan fingerprint density at radius 2 is 2.27 bits per heavy atom. The van der Waals surface area contributed by atoms with Gasteiger partial charge in [-0.2, -0.15) is 0 Å². The van der Waals surface area contributed by atoms with Crippen LogP contribution in [0.3, 0.4) is 0 Å². The highest BCUT2D eigenvalue weighted by molar-refractivity contribution is 14.1. The van der Waals surface area contributed by atoms with Crippen LogP contribution in [0.25, 0.3) is 0 Å². The Kier molecular flexibility index (Phi) is 2.67. The molecule has 0 fully saturated rings. The monoisotopic (exact) mass is 263 g/mol. The number of pyridine rings is 1. The highest BCUT2D eigenvalue weighted by Crippen LogP contribution is 2.17. The molecule has 4 N–H and O–H groups in total. The molecular formula is C7H10IN3. The Bertz CT molecular complexity index is 260. The van der Waals surface area contributed by atoms with Crippen molar-refractivity contribution < 1.29 is 0 Å². The summed E-state index contributed by atoms with van der Waals surface area (Å²) in [5.41, 5.74) is 12.7. The van der Waals surface area contributed by atoms with Crippen molar-refractivity contribution in [1.82, 2.24) is 4.98 Å². The lowest BCUT2D eigenvalue weighted by molar-refractivity contribution is 0.784. The molecule has 1 aromatic heterocycles. The molecule has 0 aromatic carbocycles. The SMILES string of the molecule is CC(N)c1ncc(I)cc1N. The van der Waals surface area contributed by atoms with E-state index in [0.717, 1.165) is 9.26 Å². The first-order valence-electron chi connectivity index (χ1n) is 3.27. The third kappa shape index (κ3) is 2.03. The fraction of sp³-hybridized carbons (Fsp3) is 0.286. The largest absolute Gasteiger partial charge is 0.397 e. The quantitative estimate of drug-likeness (QED) is 0.750. The zero-order valence-electron chi connectivity index (χ0n) is 6.21. The highest BCUT2D eigenvalue weighted by Gasteiger charge is 2.05. The third-order valence-electron chi connectivity index (χ3n) is 1.35. The van der Waals surface area contributed by atoms with Gasteiger partial charge in [-0.25, -0.2) is 0 Å². The van der Waals surface area contributed by atoms with Crippen molar-refractivity contribution in [2.24, 2.45) is 5.73 Å². The number of hydrogen-bond acceptors (Lipinski definition) is 3. The van der Waals surface area contributed by atoms with E-state index >= 15 is 0 Å². The second-order valence-corrected chi connectivity index (χ2v) is 3.66. The zero-order chi connectivity index (χ0) is 8.43. The number of aromatic nitrogens is 1. The van der Waals surface area contributed by atoms with Crippen LogP contribution in [0.15, 0.2) is 12.3 Å². The first kappa shape index (κ1) is 8.73. The van der Waals surface area contributed by atoms with Crippen LogP contribution in [0.5, 0.6) is 0 Å². The van der Waals surface area contributed by atoms with Gasteiger partial charge < -0.3 is 11.5 Å². The molecule has 0 amide bonds. The first-order chi connectivity index (χ1) is 5.11. The lowest BCUT2D eigenvalue weighted by Gasteiger charge is -2.07. The van der Waals surface area contributed by atoms with Gasteiger partial charge in [0.15, 0.2) is 0 Å². The van der Waals surface area contributed by atoms with E-state index in [1.807, 2.05) is 13.0 Å². The van der Waals surface area contributed by atoms with Crippen LogP contribution >= 0.6 is 22.6 Å². The van der Waals surface area contributed by atoms with Crippen LogP contribution in [0.2, 0.25) is 0 Å². The van der Waals surface area contributed by atoms with E-state index in [1.165, 1.54) is 0 Å². The van der Waals surface area contributed by atoms with Crippen LogP contribution < -0.4 is 11.5 Å². The van der Waals surface area contributed by atoms with Gasteiger partial charge in [-0.1, -0.05) is 0 Å². The van der Waals surface area contributed by atoms with Crippen molar-refractivity contribution in [2.75, 3.05) is 5.73 Å². The molecule has 4 heteroatoms. The number of nitrogens with zero attached hydrogens (tertiary/aromatic N) is 1. The van der Waals surface area contributed by atoms with Gasteiger partial charge >= 0.3 is 0 Å². The summed E-state index contributed by atoms with van der Waals surface area (Å²) in [6, 6.07) is 1.78. The van der Waals surface area contributed by atoms with E-state index in [0.29, 0.717) is 5.69 Å². The van der Waals surface area contributed by atoms with Gasteiger partial charge in [-0.3, -0.25) is 4.98 Å². The second-order valence-electron chi connectivity index (χ2n) is 2.42. The average molecular weight is 263 g/mol. The van der Waals surface area contributed by atoms with Gasteiger partial charge in [0.05, 0.1) is 11.4 Å². The van der Waals surface area contributed by atoms with Gasteiger partial charge in [-0.15, -0.1) is 0 Å². The molecule has 1 aromatic rings. The van der Waals surface area contributed by atoms with Gasteiger partial charge in [0.2, 0.25) is 0 Å². The maximum atomic E-state index is 5.68. The molecule has 0 saturated carbocycles. The highest BCUT2D eigenvalue weighted by atomic mass is 127. The summed E-state index contributed by atoms with van der Waals surface area (Å²) in [5, 5.41) is 0. The Hall–Kier alpha value is -0.360. The maximum Gasteiger partial charge on any atom is 0.0797 e. The summed E-state index contributed by atoms with van der Waals surface area (Å²) in [7, 11) is 0. The minimum absolute atomic E-state index is 0.0907. The number of anilines is 1. The Morgan fingerprint density at radius 3 is 2.73 bits per heavy atom. The van der Waals surface area contributed by atoms with Crippen molar-refractivity contribution in [3.63, 3.8) is 0 Å². The molecule has 3 nitrogen and oxygen atoms in total. The average Bonchev–Trinajstić information content (AvgIpc) is 1.85. The van der Waals surface area contributed by atoms with Gasteiger partial charge in [0, 0.05) is 15.8 Å². The predicted octanol–water partition coefficient (Wildman–Crippen LogP) is 1.29. The van der Waals surface area contributed by atoms with Crippen molar-refractivity contribution in [2.45, 2.75) is 13.0 Å². The fourth-order valence-corrected chi connectivity index (χ4v) is 1.32. The predicted molar refractivity (Wildman–Crippen MR) is 54.0 cm³/mol. The van der Waals surface area contributed by atoms with E-state index < -0.39 is 0 Å². The van der Waals surface area contributed by atoms with Gasteiger partial charge in [-0.05, 0) is 35.6 Å². The summed E-state index contributed by atoms with van der Waals surface area (Å²) >= 11 is 2.16. The number of nitrogens with two attached hydrogens (primary N) is 2. The van der Waals surface area contributed by atoms with Crippen LogP contribution in [0.1, 0.15) is 18.7 Å². The standard InChI is InChI=1S/C7H10IN3/c1-4(9)7-6(10)2-5(8)3-11-7/h2-4H,9-10H2,1H3. The number of halogens is 1. The van der Waals surface area contributed by atoms with Crippen molar-refractivity contribution in [3.05, 3.63) is 21.5 Å². The van der Waals surface area contributed by atoms with Crippen molar-refractivity contribution in [1.29, 1.82) is 0 Å². The molecule has 0 saturated heterocycles.